The van der Waals surface area contributed by atoms with Gasteiger partial charge in [-0.1, -0.05) is 0 Å². The smallest absolute Gasteiger partial charge is 0.335 e. The molecule has 1 rings (SSSR count). The first-order chi connectivity index (χ1) is 8.70. The van der Waals surface area contributed by atoms with Crippen LogP contribution in [0, 0.1) is 0 Å². The molecule has 7 nitrogen and oxygen atoms in total. The number of carbonyl (C=O) groups is 2. The van der Waals surface area contributed by atoms with Gasteiger partial charge >= 0.3 is 5.97 Å². The molecule has 4 N–H and O–H groups in total. The van der Waals surface area contributed by atoms with Gasteiger partial charge < -0.3 is 16.2 Å². The van der Waals surface area contributed by atoms with Gasteiger partial charge in [0.05, 0.1) is 16.9 Å². The number of nitrogens with one attached hydrogen (secondary N) is 1. The molecule has 1 aromatic carbocycles. The summed E-state index contributed by atoms with van der Waals surface area (Å²) in [5.74, 6) is -2.01. The van der Waals surface area contributed by atoms with Gasteiger partial charge in [-0.2, -0.15) is 0 Å². The van der Waals surface area contributed by atoms with Crippen molar-refractivity contribution in [1.29, 1.82) is 0 Å². The van der Waals surface area contributed by atoms with Crippen LogP contribution in [0.4, 0.5) is 5.69 Å². The molecule has 0 aliphatic rings. The molecule has 0 saturated heterocycles. The monoisotopic (exact) mass is 286 g/mol. The molecule has 19 heavy (non-hydrogen) atoms. The van der Waals surface area contributed by atoms with E-state index in [1.165, 1.54) is 18.2 Å². The Kier molecular flexibility index (Phi) is 4.49. The second kappa shape index (κ2) is 5.70. The van der Waals surface area contributed by atoms with Crippen LogP contribution in [0.3, 0.4) is 0 Å². The van der Waals surface area contributed by atoms with Crippen molar-refractivity contribution < 1.29 is 23.1 Å². The van der Waals surface area contributed by atoms with Crippen molar-refractivity contribution in [2.24, 2.45) is 5.73 Å². The third kappa shape index (κ3) is 4.59. The Hall–Kier alpha value is -2.09. The summed E-state index contributed by atoms with van der Waals surface area (Å²) >= 11 is 0. The van der Waals surface area contributed by atoms with Crippen molar-refractivity contribution in [2.45, 2.75) is 0 Å². The van der Waals surface area contributed by atoms with Crippen LogP contribution < -0.4 is 11.1 Å². The van der Waals surface area contributed by atoms with Crippen molar-refractivity contribution in [3.63, 3.8) is 0 Å². The summed E-state index contributed by atoms with van der Waals surface area (Å²) in [6, 6.07) is 3.78. The number of sulfone groups is 1. The maximum Gasteiger partial charge on any atom is 0.335 e. The lowest BCUT2D eigenvalue weighted by molar-refractivity contribution is 0.0696. The molecule has 0 aliphatic heterocycles. The van der Waals surface area contributed by atoms with E-state index in [1.54, 1.807) is 0 Å². The summed E-state index contributed by atoms with van der Waals surface area (Å²) in [5.41, 5.74) is 5.45. The van der Waals surface area contributed by atoms with Crippen molar-refractivity contribution >= 4 is 27.4 Å². The lowest BCUT2D eigenvalue weighted by atomic mass is 10.1. The molecule has 0 bridgehead atoms. The number of aromatic carboxylic acids is 1. The number of hydrogen-bond donors (Lipinski definition) is 3. The van der Waals surface area contributed by atoms with E-state index < -0.39 is 21.7 Å². The van der Waals surface area contributed by atoms with Crippen molar-refractivity contribution in [2.75, 3.05) is 23.9 Å². The fraction of sp³-hybridized carbons (Fsp3) is 0.273. The van der Waals surface area contributed by atoms with Crippen LogP contribution in [0.25, 0.3) is 0 Å². The number of anilines is 1. The second-order valence-corrected chi connectivity index (χ2v) is 6.25. The highest BCUT2D eigenvalue weighted by Crippen LogP contribution is 2.17. The lowest BCUT2D eigenvalue weighted by Gasteiger charge is -2.10. The highest BCUT2D eigenvalue weighted by atomic mass is 32.2. The molecule has 1 amide bonds. The third-order valence-electron chi connectivity index (χ3n) is 2.32. The largest absolute Gasteiger partial charge is 0.478 e. The van der Waals surface area contributed by atoms with E-state index in [1.807, 2.05) is 0 Å². The maximum atomic E-state index is 11.2. The topological polar surface area (TPSA) is 127 Å². The van der Waals surface area contributed by atoms with Crippen LogP contribution in [0.2, 0.25) is 0 Å². The number of carbonyl (C=O) groups excluding carboxylic acids is 1. The normalized spacial score (nSPS) is 11.0. The lowest BCUT2D eigenvalue weighted by Crippen LogP contribution is -2.19. The van der Waals surface area contributed by atoms with Gasteiger partial charge in [-0.15, -0.1) is 0 Å². The third-order valence-corrected chi connectivity index (χ3v) is 3.27. The van der Waals surface area contributed by atoms with Gasteiger partial charge in [0, 0.05) is 18.5 Å². The summed E-state index contributed by atoms with van der Waals surface area (Å²) in [4.78, 5) is 22.0. The second-order valence-electron chi connectivity index (χ2n) is 3.99. The number of hydrogen-bond acceptors (Lipinski definition) is 5. The highest BCUT2D eigenvalue weighted by molar-refractivity contribution is 7.90. The van der Waals surface area contributed by atoms with Gasteiger partial charge in [-0.25, -0.2) is 13.2 Å². The predicted molar refractivity (Wildman–Crippen MR) is 70.1 cm³/mol. The average Bonchev–Trinajstić information content (AvgIpc) is 2.26. The molecule has 0 saturated carbocycles. The number of nitrogens with two attached hydrogens (primary N) is 1. The van der Waals surface area contributed by atoms with Gasteiger partial charge in [0.1, 0.15) is 9.84 Å². The summed E-state index contributed by atoms with van der Waals surface area (Å²) in [6.07, 6.45) is 1.08. The zero-order chi connectivity index (χ0) is 14.6. The first kappa shape index (κ1) is 15.0. The Balaban J connectivity index is 2.98. The molecule has 104 valence electrons. The number of benzene rings is 1. The highest BCUT2D eigenvalue weighted by Gasteiger charge is 2.12. The zero-order valence-electron chi connectivity index (χ0n) is 10.2. The van der Waals surface area contributed by atoms with Crippen LogP contribution >= 0.6 is 0 Å². The van der Waals surface area contributed by atoms with Crippen LogP contribution in [-0.4, -0.2) is 44.0 Å². The predicted octanol–water partition coefficient (Wildman–Crippen LogP) is -0.0598. The molecule has 1 aromatic rings. The number of rotatable bonds is 6. The molecule has 0 aromatic heterocycles. The quantitative estimate of drug-likeness (QED) is 0.672. The van der Waals surface area contributed by atoms with E-state index in [9.17, 15) is 18.0 Å². The molecular weight excluding hydrogens is 272 g/mol. The van der Waals surface area contributed by atoms with Crippen LogP contribution in [0.5, 0.6) is 0 Å². The SMILES string of the molecule is CS(=O)(=O)CCNc1cc(C(=O)O)ccc1C(N)=O. The molecule has 0 fully saturated rings. The minimum absolute atomic E-state index is 0.0214. The van der Waals surface area contributed by atoms with Crippen molar-refractivity contribution in [1.82, 2.24) is 0 Å². The van der Waals surface area contributed by atoms with E-state index >= 15 is 0 Å². The first-order valence-corrected chi connectivity index (χ1v) is 7.35. The number of carboxylic acids is 1. The molecule has 0 spiro atoms. The number of primary amides is 1. The minimum atomic E-state index is -3.15. The zero-order valence-corrected chi connectivity index (χ0v) is 11.0. The van der Waals surface area contributed by atoms with Gasteiger partial charge in [-0.05, 0) is 18.2 Å². The van der Waals surface area contributed by atoms with Crippen molar-refractivity contribution in [3.05, 3.63) is 29.3 Å². The summed E-state index contributed by atoms with van der Waals surface area (Å²) in [6.45, 7) is 0.0577. The Bertz CT molecular complexity index is 610. The molecular formula is C11H14N2O5S. The van der Waals surface area contributed by atoms with Crippen LogP contribution in [0.1, 0.15) is 20.7 Å². The molecule has 8 heteroatoms. The Labute approximate surface area is 110 Å². The fourth-order valence-corrected chi connectivity index (χ4v) is 1.88. The van der Waals surface area contributed by atoms with Crippen LogP contribution in [0.15, 0.2) is 18.2 Å². The summed E-state index contributed by atoms with van der Waals surface area (Å²) in [5, 5.41) is 11.6. The summed E-state index contributed by atoms with van der Waals surface area (Å²) < 4.78 is 22.0. The van der Waals surface area contributed by atoms with E-state index in [2.05, 4.69) is 5.32 Å². The van der Waals surface area contributed by atoms with E-state index in [0.717, 1.165) is 6.26 Å². The molecule has 0 radical (unpaired) electrons. The van der Waals surface area contributed by atoms with E-state index in [4.69, 9.17) is 10.8 Å². The van der Waals surface area contributed by atoms with Gasteiger partial charge in [0.25, 0.3) is 5.91 Å². The minimum Gasteiger partial charge on any atom is -0.478 e. The Morgan fingerprint density at radius 3 is 2.47 bits per heavy atom. The molecule has 0 atom stereocenters. The van der Waals surface area contributed by atoms with Crippen LogP contribution in [-0.2, 0) is 9.84 Å². The summed E-state index contributed by atoms with van der Waals surface area (Å²) in [7, 11) is -3.15. The van der Waals surface area contributed by atoms with Gasteiger partial charge in [0.15, 0.2) is 0 Å². The molecule has 0 unspecified atom stereocenters. The van der Waals surface area contributed by atoms with Gasteiger partial charge in [0.2, 0.25) is 0 Å². The van der Waals surface area contributed by atoms with Crippen molar-refractivity contribution in [3.8, 4) is 0 Å². The fourth-order valence-electron chi connectivity index (χ4n) is 1.41. The van der Waals surface area contributed by atoms with E-state index in [0.29, 0.717) is 0 Å². The average molecular weight is 286 g/mol. The number of carboxylic acid groups (broad SMARTS) is 1. The Morgan fingerprint density at radius 2 is 2.00 bits per heavy atom. The standard InChI is InChI=1S/C11H14N2O5S/c1-19(17,18)5-4-13-9-6-7(11(15)16)2-3-8(9)10(12)14/h2-3,6,13H,4-5H2,1H3,(H2,12,14)(H,15,16). The maximum absolute atomic E-state index is 11.2. The molecule has 0 aliphatic carbocycles. The Morgan fingerprint density at radius 1 is 1.37 bits per heavy atom. The first-order valence-electron chi connectivity index (χ1n) is 5.29. The number of amides is 1. The van der Waals surface area contributed by atoms with Gasteiger partial charge in [-0.3, -0.25) is 4.79 Å². The molecule has 0 heterocycles. The van der Waals surface area contributed by atoms with E-state index in [-0.39, 0.29) is 29.1 Å².